The number of amides is 2. The lowest BCUT2D eigenvalue weighted by Gasteiger charge is -2.31. The smallest absolute Gasteiger partial charge is 0.310 e. The Hall–Kier alpha value is 0.140. The van der Waals surface area contributed by atoms with Crippen LogP contribution >= 0.6 is 70.4 Å². The highest BCUT2D eigenvalue weighted by Crippen LogP contribution is 2.35. The first-order valence-corrected chi connectivity index (χ1v) is 24.6. The van der Waals surface area contributed by atoms with Gasteiger partial charge < -0.3 is 20.1 Å². The fraction of sp³-hybridized carbons (Fsp3) is 0.895. The number of thioether (sulfide) groups is 2. The third kappa shape index (κ3) is 32.4. The summed E-state index contributed by atoms with van der Waals surface area (Å²) < 4.78 is 11.9. The highest BCUT2D eigenvalue weighted by molar-refractivity contribution is 8.76. The third-order valence-electron chi connectivity index (χ3n) is 6.97. The summed E-state index contributed by atoms with van der Waals surface area (Å²) in [4.78, 5) is 48.0. The summed E-state index contributed by atoms with van der Waals surface area (Å²) in [5.41, 5.74) is -1.56. The van der Waals surface area contributed by atoms with Crippen molar-refractivity contribution in [2.75, 3.05) is 60.0 Å². The van der Waals surface area contributed by atoms with Crippen molar-refractivity contribution >= 4 is 93.9 Å². The monoisotopic (exact) mass is 848 g/mol. The minimum absolute atomic E-state index is 0.0280. The van der Waals surface area contributed by atoms with E-state index in [-0.39, 0.29) is 52.0 Å². The van der Waals surface area contributed by atoms with Crippen molar-refractivity contribution < 1.29 is 28.7 Å². The zero-order valence-electron chi connectivity index (χ0n) is 35.0. The molecule has 0 aromatic carbocycles. The molecule has 0 rings (SSSR count). The van der Waals surface area contributed by atoms with Gasteiger partial charge in [0, 0.05) is 76.5 Å². The first-order valence-electron chi connectivity index (χ1n) is 18.7. The van der Waals surface area contributed by atoms with Crippen LogP contribution in [0, 0.1) is 23.7 Å². The molecular weight excluding hydrogens is 773 g/mol. The molecule has 0 saturated heterocycles. The van der Waals surface area contributed by atoms with Crippen LogP contribution in [0.1, 0.15) is 116 Å². The summed E-state index contributed by atoms with van der Waals surface area (Å²) >= 11 is 11.7. The molecule has 0 bridgehead atoms. The van der Waals surface area contributed by atoms with Crippen LogP contribution in [0.4, 0.5) is 0 Å². The second-order valence-corrected chi connectivity index (χ2v) is 21.4. The van der Waals surface area contributed by atoms with E-state index in [2.05, 4.69) is 63.6 Å². The molecule has 0 aromatic rings. The normalized spacial score (nSPS) is 13.0. The lowest BCUT2D eigenvalue weighted by atomic mass is 9.94. The highest BCUT2D eigenvalue weighted by atomic mass is 33.1. The Morgan fingerprint density at radius 1 is 0.731 bits per heavy atom. The zero-order chi connectivity index (χ0) is 41.0. The predicted molar refractivity (Wildman–Crippen MR) is 241 cm³/mol. The second-order valence-electron chi connectivity index (χ2n) is 15.1. The maximum atomic E-state index is 12.8. The van der Waals surface area contributed by atoms with Gasteiger partial charge in [0.05, 0.1) is 12.5 Å². The van der Waals surface area contributed by atoms with Crippen molar-refractivity contribution in [3.8, 4) is 0 Å². The Labute approximate surface area is 346 Å². The molecule has 310 valence electrons. The summed E-state index contributed by atoms with van der Waals surface area (Å²) in [5, 5.41) is 5.67. The van der Waals surface area contributed by atoms with Crippen LogP contribution in [0.15, 0.2) is 0 Å². The van der Waals surface area contributed by atoms with E-state index in [1.807, 2.05) is 90.8 Å². The number of rotatable bonds is 26. The molecular formula is C38H76N2O6S6. The Morgan fingerprint density at radius 3 is 1.77 bits per heavy atom. The Balaban J connectivity index is -0.00000170. The van der Waals surface area contributed by atoms with Crippen molar-refractivity contribution in [1.29, 1.82) is 0 Å². The molecule has 0 aromatic heterocycles. The molecule has 8 nitrogen and oxygen atoms in total. The van der Waals surface area contributed by atoms with Crippen molar-refractivity contribution in [2.24, 2.45) is 23.7 Å². The predicted octanol–water partition coefficient (Wildman–Crippen LogP) is 9.16. The fourth-order valence-corrected chi connectivity index (χ4v) is 9.13. The van der Waals surface area contributed by atoms with Gasteiger partial charge in [0.25, 0.3) is 0 Å². The molecule has 2 amide bonds. The molecule has 0 radical (unpaired) electrons. The van der Waals surface area contributed by atoms with E-state index in [1.54, 1.807) is 23.5 Å². The molecule has 14 heteroatoms. The van der Waals surface area contributed by atoms with Crippen LogP contribution in [0.2, 0.25) is 0 Å². The van der Waals surface area contributed by atoms with Crippen molar-refractivity contribution in [3.63, 3.8) is 0 Å². The van der Waals surface area contributed by atoms with Gasteiger partial charge in [-0.15, -0.1) is 0 Å². The number of thiol groups is 2. The summed E-state index contributed by atoms with van der Waals surface area (Å²) in [7, 11) is 3.67. The molecule has 2 atom stereocenters. The summed E-state index contributed by atoms with van der Waals surface area (Å²) in [6.07, 6.45) is 2.72. The average molecular weight is 849 g/mol. The lowest BCUT2D eigenvalue weighted by Crippen LogP contribution is -2.41. The summed E-state index contributed by atoms with van der Waals surface area (Å²) in [5.74, 6) is 5.74. The molecule has 0 aliphatic rings. The van der Waals surface area contributed by atoms with Crippen molar-refractivity contribution in [3.05, 3.63) is 0 Å². The largest absolute Gasteiger partial charge is 0.459 e. The average Bonchev–Trinajstić information content (AvgIpc) is 3.05. The van der Waals surface area contributed by atoms with Gasteiger partial charge in [-0.1, -0.05) is 83.4 Å². The van der Waals surface area contributed by atoms with Crippen LogP contribution in [0.5, 0.6) is 0 Å². The van der Waals surface area contributed by atoms with E-state index in [0.717, 1.165) is 41.7 Å². The number of carbonyl (C=O) groups is 4. The number of ketones is 1. The molecule has 0 aliphatic heterocycles. The van der Waals surface area contributed by atoms with Crippen LogP contribution in [0.25, 0.3) is 0 Å². The molecule has 0 fully saturated rings. The molecule has 2 N–H and O–H groups in total. The number of Topliss-reactive ketones (excluding diaryl/α,β-unsaturated/α-hetero) is 1. The first-order chi connectivity index (χ1) is 24.0. The fourth-order valence-electron chi connectivity index (χ4n) is 3.67. The van der Waals surface area contributed by atoms with E-state index >= 15 is 0 Å². The minimum atomic E-state index is -0.878. The summed E-state index contributed by atoms with van der Waals surface area (Å²) in [6, 6.07) is 0. The number of nitrogens with one attached hydrogen (secondary N) is 2. The first kappa shape index (κ1) is 56.5. The Kier molecular flexibility index (Phi) is 35.0. The minimum Gasteiger partial charge on any atom is -0.459 e. The zero-order valence-corrected chi connectivity index (χ0v) is 40.0. The van der Waals surface area contributed by atoms with E-state index in [9.17, 15) is 19.2 Å². The Bertz CT molecular complexity index is 966. The molecule has 0 spiro atoms. The van der Waals surface area contributed by atoms with Crippen molar-refractivity contribution in [2.45, 2.75) is 132 Å². The molecule has 0 heterocycles. The number of ether oxygens (including phenoxy) is 2. The van der Waals surface area contributed by atoms with E-state index in [4.69, 9.17) is 9.47 Å². The van der Waals surface area contributed by atoms with Gasteiger partial charge >= 0.3 is 5.97 Å². The van der Waals surface area contributed by atoms with Gasteiger partial charge in [-0.25, -0.2) is 0 Å². The quantitative estimate of drug-likeness (QED) is 0.0291. The van der Waals surface area contributed by atoms with Gasteiger partial charge in [-0.05, 0) is 53.7 Å². The van der Waals surface area contributed by atoms with Gasteiger partial charge in [0.1, 0.15) is 11.2 Å². The van der Waals surface area contributed by atoms with Crippen LogP contribution in [0.3, 0.4) is 0 Å². The number of esters is 1. The second kappa shape index (κ2) is 32.2. The third-order valence-corrected chi connectivity index (χ3v) is 13.5. The SMILES string of the molecule is CC(C)C(=O)NCCCSSCC(C)(C)SCC(C)C(=O)OC(C)(C)CCOC(C)(C)C(=O)C(C)CSCCS.CC(C)C(=O)NCCS.CCC. The maximum Gasteiger partial charge on any atom is 0.310 e. The van der Waals surface area contributed by atoms with Crippen molar-refractivity contribution in [1.82, 2.24) is 10.6 Å². The number of carbonyl (C=O) groups excluding carboxylic acids is 4. The number of hydrogen-bond acceptors (Lipinski definition) is 12. The van der Waals surface area contributed by atoms with Crippen LogP contribution in [-0.4, -0.2) is 99.5 Å². The van der Waals surface area contributed by atoms with Crippen LogP contribution in [-0.2, 0) is 28.7 Å². The lowest BCUT2D eigenvalue weighted by molar-refractivity contribution is -0.164. The maximum absolute atomic E-state index is 12.8. The molecule has 52 heavy (non-hydrogen) atoms. The van der Waals surface area contributed by atoms with Crippen LogP contribution < -0.4 is 10.6 Å². The number of hydrogen-bond donors (Lipinski definition) is 4. The van der Waals surface area contributed by atoms with Gasteiger partial charge in [-0.2, -0.15) is 48.8 Å². The van der Waals surface area contributed by atoms with E-state index in [0.29, 0.717) is 31.1 Å². The highest BCUT2D eigenvalue weighted by Gasteiger charge is 2.34. The van der Waals surface area contributed by atoms with Gasteiger partial charge in [0.2, 0.25) is 11.8 Å². The topological polar surface area (TPSA) is 111 Å². The Morgan fingerprint density at radius 2 is 1.27 bits per heavy atom. The van der Waals surface area contributed by atoms with E-state index < -0.39 is 11.2 Å². The molecule has 2 unspecified atom stereocenters. The summed E-state index contributed by atoms with van der Waals surface area (Å²) in [6.45, 7) is 29.2. The molecule has 0 saturated carbocycles. The standard InChI is InChI=1S/C29H55NO5S5.C6H13NOS.C3H8/c1-21(2)25(32)30-13-11-16-39-40-20-28(7,8)38-19-23(4)26(33)35-27(5,6)12-14-34-29(9,10)24(31)22(3)18-37-17-15-36;1-5(2)6(8)7-3-4-9;1-3-2/h21-23,36H,11-20H2,1-10H3,(H,30,32);5,9H,3-4H2,1-2H3,(H,7,8);3H2,1-2H3. The van der Waals surface area contributed by atoms with Gasteiger partial charge in [-0.3, -0.25) is 19.2 Å². The molecule has 0 aliphatic carbocycles. The van der Waals surface area contributed by atoms with Gasteiger partial charge in [0.15, 0.2) is 5.78 Å². The van der Waals surface area contributed by atoms with E-state index in [1.165, 1.54) is 6.42 Å².